The molecule has 0 saturated carbocycles. The quantitative estimate of drug-likeness (QED) is 0.867. The van der Waals surface area contributed by atoms with Crippen molar-refractivity contribution < 1.29 is 14.1 Å². The van der Waals surface area contributed by atoms with E-state index in [0.29, 0.717) is 30.4 Å². The molecule has 2 heterocycles. The molecular weight excluding hydrogens is 294 g/mol. The van der Waals surface area contributed by atoms with Crippen LogP contribution in [0.4, 0.5) is 5.69 Å². The lowest BCUT2D eigenvalue weighted by Crippen LogP contribution is -2.25. The van der Waals surface area contributed by atoms with Gasteiger partial charge in [0, 0.05) is 18.9 Å². The highest BCUT2D eigenvalue weighted by molar-refractivity contribution is 5.97. The molecule has 1 aromatic carbocycles. The number of hydrogen-bond donors (Lipinski definition) is 0. The maximum atomic E-state index is 12.5. The Morgan fingerprint density at radius 3 is 2.83 bits per heavy atom. The van der Waals surface area contributed by atoms with Crippen molar-refractivity contribution in [2.24, 2.45) is 0 Å². The molecule has 1 aliphatic heterocycles. The van der Waals surface area contributed by atoms with E-state index in [0.717, 1.165) is 11.3 Å². The summed E-state index contributed by atoms with van der Waals surface area (Å²) in [7, 11) is 1.61. The molecule has 1 aliphatic rings. The van der Waals surface area contributed by atoms with Gasteiger partial charge < -0.3 is 14.2 Å². The Hall–Kier alpha value is -2.37. The molecule has 1 aromatic heterocycles. The molecular formula is C17H21N3O3. The van der Waals surface area contributed by atoms with E-state index in [4.69, 9.17) is 9.26 Å². The minimum atomic E-state index is -0.0762. The van der Waals surface area contributed by atoms with E-state index >= 15 is 0 Å². The van der Waals surface area contributed by atoms with Gasteiger partial charge in [0.05, 0.1) is 18.7 Å². The van der Waals surface area contributed by atoms with Gasteiger partial charge in [-0.15, -0.1) is 0 Å². The third-order valence-corrected chi connectivity index (χ3v) is 4.07. The first-order valence-electron chi connectivity index (χ1n) is 7.78. The predicted octanol–water partition coefficient (Wildman–Crippen LogP) is 3.03. The summed E-state index contributed by atoms with van der Waals surface area (Å²) >= 11 is 0. The van der Waals surface area contributed by atoms with Crippen LogP contribution in [0, 0.1) is 6.92 Å². The molecule has 6 heteroatoms. The summed E-state index contributed by atoms with van der Waals surface area (Å²) < 4.78 is 10.7. The largest absolute Gasteiger partial charge is 0.495 e. The minimum Gasteiger partial charge on any atom is -0.495 e. The number of aromatic nitrogens is 2. The topological polar surface area (TPSA) is 68.5 Å². The highest BCUT2D eigenvalue weighted by atomic mass is 16.5. The number of amides is 1. The standard InChI is InChI=1S/C17H21N3O3/c1-10(2)16-18-17(23-19-16)12-8-15(21)20(9-12)13-7-11(3)5-6-14(13)22-4/h5-7,10,12H,8-9H2,1-4H3. The third-order valence-electron chi connectivity index (χ3n) is 4.07. The van der Waals surface area contributed by atoms with E-state index in [-0.39, 0.29) is 17.7 Å². The molecule has 1 saturated heterocycles. The van der Waals surface area contributed by atoms with E-state index in [1.165, 1.54) is 0 Å². The molecule has 23 heavy (non-hydrogen) atoms. The lowest BCUT2D eigenvalue weighted by atomic mass is 10.1. The van der Waals surface area contributed by atoms with Crippen LogP contribution in [0.5, 0.6) is 5.75 Å². The van der Waals surface area contributed by atoms with Gasteiger partial charge in [0.25, 0.3) is 0 Å². The van der Waals surface area contributed by atoms with Gasteiger partial charge in [0.2, 0.25) is 11.8 Å². The fourth-order valence-electron chi connectivity index (χ4n) is 2.76. The molecule has 0 bridgehead atoms. The Morgan fingerprint density at radius 2 is 2.17 bits per heavy atom. The molecule has 0 radical (unpaired) electrons. The molecule has 0 N–H and O–H groups in total. The highest BCUT2D eigenvalue weighted by Gasteiger charge is 2.36. The molecule has 0 aliphatic carbocycles. The van der Waals surface area contributed by atoms with E-state index in [9.17, 15) is 4.79 Å². The van der Waals surface area contributed by atoms with Gasteiger partial charge in [-0.2, -0.15) is 4.98 Å². The number of methoxy groups -OCH3 is 1. The molecule has 2 aromatic rings. The summed E-state index contributed by atoms with van der Waals surface area (Å²) in [5.74, 6) is 2.08. The van der Waals surface area contributed by atoms with Crippen molar-refractivity contribution in [2.75, 3.05) is 18.6 Å². The van der Waals surface area contributed by atoms with Crippen molar-refractivity contribution in [3.63, 3.8) is 0 Å². The van der Waals surface area contributed by atoms with Crippen molar-refractivity contribution in [1.82, 2.24) is 10.1 Å². The SMILES string of the molecule is COc1ccc(C)cc1N1CC(c2nc(C(C)C)no2)CC1=O. The van der Waals surface area contributed by atoms with Crippen molar-refractivity contribution in [3.8, 4) is 5.75 Å². The Bertz CT molecular complexity index is 724. The number of aryl methyl sites for hydroxylation is 1. The van der Waals surface area contributed by atoms with E-state index in [1.807, 2.05) is 39.0 Å². The van der Waals surface area contributed by atoms with Crippen molar-refractivity contribution in [2.45, 2.75) is 39.0 Å². The second-order valence-corrected chi connectivity index (χ2v) is 6.23. The molecule has 1 fully saturated rings. The van der Waals surface area contributed by atoms with Crippen LogP contribution in [0.15, 0.2) is 22.7 Å². The Kier molecular flexibility index (Phi) is 4.07. The van der Waals surface area contributed by atoms with Crippen LogP contribution in [0.2, 0.25) is 0 Å². The molecule has 1 unspecified atom stereocenters. The van der Waals surface area contributed by atoms with Crippen LogP contribution >= 0.6 is 0 Å². The second-order valence-electron chi connectivity index (χ2n) is 6.23. The minimum absolute atomic E-state index is 0.0446. The zero-order valence-electron chi connectivity index (χ0n) is 13.9. The zero-order valence-corrected chi connectivity index (χ0v) is 13.9. The van der Waals surface area contributed by atoms with Gasteiger partial charge in [-0.05, 0) is 24.6 Å². The number of carbonyl (C=O) groups excluding carboxylic acids is 1. The van der Waals surface area contributed by atoms with Gasteiger partial charge in [-0.3, -0.25) is 4.79 Å². The Balaban J connectivity index is 1.86. The number of rotatable bonds is 4. The number of carbonyl (C=O) groups is 1. The first kappa shape index (κ1) is 15.5. The van der Waals surface area contributed by atoms with Crippen molar-refractivity contribution in [3.05, 3.63) is 35.5 Å². The summed E-state index contributed by atoms with van der Waals surface area (Å²) in [5, 5.41) is 3.99. The Labute approximate surface area is 135 Å². The molecule has 1 atom stereocenters. The molecule has 0 spiro atoms. The second kappa shape index (κ2) is 6.02. The lowest BCUT2D eigenvalue weighted by molar-refractivity contribution is -0.117. The molecule has 3 rings (SSSR count). The van der Waals surface area contributed by atoms with E-state index in [1.54, 1.807) is 12.0 Å². The molecule has 6 nitrogen and oxygen atoms in total. The van der Waals surface area contributed by atoms with Crippen LogP contribution in [-0.4, -0.2) is 29.7 Å². The average Bonchev–Trinajstić information content (AvgIpc) is 3.13. The van der Waals surface area contributed by atoms with Gasteiger partial charge in [0.15, 0.2) is 5.82 Å². The maximum absolute atomic E-state index is 12.5. The molecule has 1 amide bonds. The summed E-state index contributed by atoms with van der Waals surface area (Å²) in [6.45, 7) is 6.54. The van der Waals surface area contributed by atoms with Gasteiger partial charge in [-0.25, -0.2) is 0 Å². The maximum Gasteiger partial charge on any atom is 0.232 e. The van der Waals surface area contributed by atoms with Crippen molar-refractivity contribution >= 4 is 11.6 Å². The van der Waals surface area contributed by atoms with Crippen LogP contribution in [0.25, 0.3) is 0 Å². The number of ether oxygens (including phenoxy) is 1. The summed E-state index contributed by atoms with van der Waals surface area (Å²) in [4.78, 5) is 18.6. The zero-order chi connectivity index (χ0) is 16.6. The fourth-order valence-corrected chi connectivity index (χ4v) is 2.76. The summed E-state index contributed by atoms with van der Waals surface area (Å²) in [6, 6.07) is 5.81. The van der Waals surface area contributed by atoms with Crippen LogP contribution in [-0.2, 0) is 4.79 Å². The van der Waals surface area contributed by atoms with Gasteiger partial charge >= 0.3 is 0 Å². The first-order valence-corrected chi connectivity index (χ1v) is 7.78. The van der Waals surface area contributed by atoms with E-state index in [2.05, 4.69) is 10.1 Å². The van der Waals surface area contributed by atoms with Gasteiger partial charge in [-0.1, -0.05) is 25.1 Å². The number of anilines is 1. The lowest BCUT2D eigenvalue weighted by Gasteiger charge is -2.19. The van der Waals surface area contributed by atoms with Gasteiger partial charge in [0.1, 0.15) is 5.75 Å². The number of nitrogens with zero attached hydrogens (tertiary/aromatic N) is 3. The third kappa shape index (κ3) is 2.93. The van der Waals surface area contributed by atoms with E-state index < -0.39 is 0 Å². The highest BCUT2D eigenvalue weighted by Crippen LogP contribution is 2.36. The van der Waals surface area contributed by atoms with Crippen molar-refractivity contribution in [1.29, 1.82) is 0 Å². The normalized spacial score (nSPS) is 18.0. The monoisotopic (exact) mass is 315 g/mol. The van der Waals surface area contributed by atoms with Crippen LogP contribution in [0.1, 0.15) is 49.4 Å². The summed E-state index contributed by atoms with van der Waals surface area (Å²) in [6.07, 6.45) is 0.372. The number of benzene rings is 1. The van der Waals surface area contributed by atoms with Crippen LogP contribution < -0.4 is 9.64 Å². The fraction of sp³-hybridized carbons (Fsp3) is 0.471. The number of hydrogen-bond acceptors (Lipinski definition) is 5. The Morgan fingerprint density at radius 1 is 1.39 bits per heavy atom. The first-order chi connectivity index (χ1) is 11.0. The molecule has 122 valence electrons. The average molecular weight is 315 g/mol. The summed E-state index contributed by atoms with van der Waals surface area (Å²) in [5.41, 5.74) is 1.88. The smallest absolute Gasteiger partial charge is 0.232 e. The predicted molar refractivity (Wildman–Crippen MR) is 85.8 cm³/mol. The van der Waals surface area contributed by atoms with Crippen LogP contribution in [0.3, 0.4) is 0 Å².